The molecule has 5 heteroatoms. The van der Waals surface area contributed by atoms with Crippen molar-refractivity contribution in [2.75, 3.05) is 24.7 Å². The number of anilines is 2. The monoisotopic (exact) mass is 458 g/mol. The lowest BCUT2D eigenvalue weighted by Crippen LogP contribution is -2.06. The van der Waals surface area contributed by atoms with Gasteiger partial charge in [0, 0.05) is 23.4 Å². The number of esters is 1. The van der Waals surface area contributed by atoms with E-state index < -0.39 is 0 Å². The average molecular weight is 459 g/mol. The predicted molar refractivity (Wildman–Crippen MR) is 139 cm³/mol. The SMILES string of the molecule is C=CC(=O)OCCCCCCOc1ccc(CC(c2ccc(N)cc2)c2ccc(N)cc2)cc1. The molecule has 0 amide bonds. The molecule has 0 aliphatic carbocycles. The zero-order valence-corrected chi connectivity index (χ0v) is 19.6. The Labute approximate surface area is 202 Å². The first kappa shape index (κ1) is 24.9. The molecular weight excluding hydrogens is 424 g/mol. The fourth-order valence-corrected chi connectivity index (χ4v) is 3.82. The van der Waals surface area contributed by atoms with Gasteiger partial charge >= 0.3 is 5.97 Å². The fraction of sp³-hybridized carbons (Fsp3) is 0.276. The maximum atomic E-state index is 11.0. The summed E-state index contributed by atoms with van der Waals surface area (Å²) in [6, 6.07) is 24.5. The summed E-state index contributed by atoms with van der Waals surface area (Å²) in [5, 5.41) is 0. The minimum Gasteiger partial charge on any atom is -0.494 e. The van der Waals surface area contributed by atoms with Gasteiger partial charge in [-0.25, -0.2) is 4.79 Å². The molecule has 34 heavy (non-hydrogen) atoms. The van der Waals surface area contributed by atoms with E-state index in [1.54, 1.807) is 0 Å². The summed E-state index contributed by atoms with van der Waals surface area (Å²) in [4.78, 5) is 11.0. The summed E-state index contributed by atoms with van der Waals surface area (Å²) in [6.07, 6.45) is 5.92. The Hall–Kier alpha value is -3.73. The van der Waals surface area contributed by atoms with Crippen molar-refractivity contribution in [1.29, 1.82) is 0 Å². The Morgan fingerprint density at radius 3 is 1.82 bits per heavy atom. The first-order valence-corrected chi connectivity index (χ1v) is 11.8. The van der Waals surface area contributed by atoms with Crippen molar-refractivity contribution in [2.45, 2.75) is 38.0 Å². The van der Waals surface area contributed by atoms with Crippen LogP contribution in [-0.2, 0) is 16.0 Å². The normalized spacial score (nSPS) is 10.7. The smallest absolute Gasteiger partial charge is 0.330 e. The van der Waals surface area contributed by atoms with E-state index in [0.717, 1.165) is 49.2 Å². The van der Waals surface area contributed by atoms with Gasteiger partial charge in [0.05, 0.1) is 13.2 Å². The molecule has 3 aromatic rings. The van der Waals surface area contributed by atoms with E-state index in [1.165, 1.54) is 22.8 Å². The van der Waals surface area contributed by atoms with Crippen LogP contribution >= 0.6 is 0 Å². The molecule has 5 nitrogen and oxygen atoms in total. The maximum Gasteiger partial charge on any atom is 0.330 e. The van der Waals surface area contributed by atoms with Crippen LogP contribution in [0, 0.1) is 0 Å². The molecule has 3 aromatic carbocycles. The fourth-order valence-electron chi connectivity index (χ4n) is 3.82. The van der Waals surface area contributed by atoms with Crippen LogP contribution < -0.4 is 16.2 Å². The molecule has 0 atom stereocenters. The second kappa shape index (κ2) is 13.1. The number of hydrogen-bond acceptors (Lipinski definition) is 5. The quantitative estimate of drug-likeness (QED) is 0.144. The highest BCUT2D eigenvalue weighted by Crippen LogP contribution is 2.30. The molecule has 0 aromatic heterocycles. The Morgan fingerprint density at radius 1 is 0.765 bits per heavy atom. The molecule has 0 heterocycles. The molecule has 0 saturated carbocycles. The van der Waals surface area contributed by atoms with Crippen LogP contribution in [0.3, 0.4) is 0 Å². The molecule has 0 bridgehead atoms. The molecule has 0 spiro atoms. The Morgan fingerprint density at radius 2 is 1.29 bits per heavy atom. The minimum absolute atomic E-state index is 0.207. The third-order valence-electron chi connectivity index (χ3n) is 5.76. The lowest BCUT2D eigenvalue weighted by atomic mass is 9.86. The zero-order chi connectivity index (χ0) is 24.2. The molecular formula is C29H34N2O3. The third kappa shape index (κ3) is 8.00. The van der Waals surface area contributed by atoms with Gasteiger partial charge in [0.25, 0.3) is 0 Å². The van der Waals surface area contributed by atoms with E-state index in [9.17, 15) is 4.79 Å². The number of carbonyl (C=O) groups excluding carboxylic acids is 1. The summed E-state index contributed by atoms with van der Waals surface area (Å²) in [5.41, 5.74) is 17.0. The second-order valence-electron chi connectivity index (χ2n) is 8.37. The molecule has 0 saturated heterocycles. The summed E-state index contributed by atoms with van der Waals surface area (Å²) in [5.74, 6) is 0.721. The highest BCUT2D eigenvalue weighted by Gasteiger charge is 2.15. The summed E-state index contributed by atoms with van der Waals surface area (Å²) >= 11 is 0. The van der Waals surface area contributed by atoms with Crippen molar-refractivity contribution in [3.8, 4) is 5.75 Å². The molecule has 0 unspecified atom stereocenters. The Bertz CT molecular complexity index is 983. The first-order valence-electron chi connectivity index (χ1n) is 11.8. The van der Waals surface area contributed by atoms with Crippen LogP contribution in [0.5, 0.6) is 5.75 Å². The van der Waals surface area contributed by atoms with E-state index >= 15 is 0 Å². The van der Waals surface area contributed by atoms with Crippen molar-refractivity contribution < 1.29 is 14.3 Å². The molecule has 3 rings (SSSR count). The number of benzene rings is 3. The third-order valence-corrected chi connectivity index (χ3v) is 5.76. The molecule has 4 N–H and O–H groups in total. The topological polar surface area (TPSA) is 87.6 Å². The van der Waals surface area contributed by atoms with Gasteiger partial charge in [-0.3, -0.25) is 0 Å². The number of hydrogen-bond donors (Lipinski definition) is 2. The summed E-state index contributed by atoms with van der Waals surface area (Å²) < 4.78 is 10.9. The van der Waals surface area contributed by atoms with Crippen LogP contribution in [0.2, 0.25) is 0 Å². The van der Waals surface area contributed by atoms with Gasteiger partial charge in [-0.2, -0.15) is 0 Å². The van der Waals surface area contributed by atoms with Gasteiger partial charge in [-0.05, 0) is 85.2 Å². The number of nitrogens with two attached hydrogens (primary N) is 2. The number of unbranched alkanes of at least 4 members (excludes halogenated alkanes) is 3. The maximum absolute atomic E-state index is 11.0. The van der Waals surface area contributed by atoms with Crippen LogP contribution in [0.4, 0.5) is 11.4 Å². The average Bonchev–Trinajstić information content (AvgIpc) is 2.86. The standard InChI is InChI=1S/C29H34N2O3/c1-2-29(32)34-20-6-4-3-5-19-33-27-17-7-22(8-18-27)21-28(23-9-13-25(30)14-10-23)24-11-15-26(31)16-12-24/h2,7-18,28H,1,3-6,19-21,30-31H2. The minimum atomic E-state index is -0.361. The summed E-state index contributed by atoms with van der Waals surface area (Å²) in [7, 11) is 0. The van der Waals surface area contributed by atoms with Crippen LogP contribution in [-0.4, -0.2) is 19.2 Å². The molecule has 0 radical (unpaired) electrons. The number of nitrogen functional groups attached to an aromatic ring is 2. The number of rotatable bonds is 13. The molecule has 0 aliphatic heterocycles. The van der Waals surface area contributed by atoms with Gasteiger partial charge < -0.3 is 20.9 Å². The van der Waals surface area contributed by atoms with E-state index in [-0.39, 0.29) is 11.9 Å². The van der Waals surface area contributed by atoms with Crippen molar-refractivity contribution in [2.24, 2.45) is 0 Å². The van der Waals surface area contributed by atoms with Gasteiger partial charge in [0.2, 0.25) is 0 Å². The molecule has 178 valence electrons. The lowest BCUT2D eigenvalue weighted by Gasteiger charge is -2.19. The highest BCUT2D eigenvalue weighted by molar-refractivity contribution is 5.81. The Balaban J connectivity index is 1.50. The first-order chi connectivity index (χ1) is 16.5. The van der Waals surface area contributed by atoms with Gasteiger partial charge in [-0.1, -0.05) is 43.0 Å². The number of ether oxygens (including phenoxy) is 2. The van der Waals surface area contributed by atoms with E-state index in [0.29, 0.717) is 13.2 Å². The second-order valence-corrected chi connectivity index (χ2v) is 8.37. The van der Waals surface area contributed by atoms with Crippen LogP contribution in [0.25, 0.3) is 0 Å². The highest BCUT2D eigenvalue weighted by atomic mass is 16.5. The van der Waals surface area contributed by atoms with Crippen LogP contribution in [0.1, 0.15) is 48.3 Å². The largest absolute Gasteiger partial charge is 0.494 e. The van der Waals surface area contributed by atoms with Crippen LogP contribution in [0.15, 0.2) is 85.5 Å². The zero-order valence-electron chi connectivity index (χ0n) is 19.6. The van der Waals surface area contributed by atoms with Crippen molar-refractivity contribution in [3.63, 3.8) is 0 Å². The lowest BCUT2D eigenvalue weighted by molar-refractivity contribution is -0.137. The molecule has 0 fully saturated rings. The van der Waals surface area contributed by atoms with Gasteiger partial charge in [-0.15, -0.1) is 0 Å². The predicted octanol–water partition coefficient (Wildman–Crippen LogP) is 5.89. The molecule has 0 aliphatic rings. The van der Waals surface area contributed by atoms with Gasteiger partial charge in [0.15, 0.2) is 0 Å². The van der Waals surface area contributed by atoms with E-state index in [1.807, 2.05) is 36.4 Å². The van der Waals surface area contributed by atoms with Crippen molar-refractivity contribution in [3.05, 3.63) is 102 Å². The van der Waals surface area contributed by atoms with Crippen molar-refractivity contribution >= 4 is 17.3 Å². The number of carbonyl (C=O) groups is 1. The van der Waals surface area contributed by atoms with E-state index in [4.69, 9.17) is 20.9 Å². The van der Waals surface area contributed by atoms with Gasteiger partial charge in [0.1, 0.15) is 5.75 Å². The Kier molecular flexibility index (Phi) is 9.59. The van der Waals surface area contributed by atoms with Crippen molar-refractivity contribution in [1.82, 2.24) is 0 Å². The van der Waals surface area contributed by atoms with E-state index in [2.05, 4.69) is 43.0 Å². The summed E-state index contributed by atoms with van der Waals surface area (Å²) in [6.45, 7) is 4.50.